The zero-order valence-corrected chi connectivity index (χ0v) is 15.6. The molecular weight excluding hydrogens is 350 g/mol. The zero-order chi connectivity index (χ0) is 17.2. The number of thiophene rings is 1. The van der Waals surface area contributed by atoms with Gasteiger partial charge in [0.25, 0.3) is 0 Å². The molecule has 1 aromatic carbocycles. The number of aryl methyl sites for hydroxylation is 1. The highest BCUT2D eigenvalue weighted by Gasteiger charge is 2.31. The summed E-state index contributed by atoms with van der Waals surface area (Å²) in [6.07, 6.45) is 3.31. The van der Waals surface area contributed by atoms with E-state index in [1.807, 2.05) is 30.3 Å². The number of thioether (sulfide) groups is 1. The van der Waals surface area contributed by atoms with E-state index in [1.54, 1.807) is 11.3 Å². The number of ketones is 1. The van der Waals surface area contributed by atoms with Crippen molar-refractivity contribution < 1.29 is 4.79 Å². The molecule has 0 saturated heterocycles. The van der Waals surface area contributed by atoms with Crippen LogP contribution in [0.25, 0.3) is 5.69 Å². The van der Waals surface area contributed by atoms with Gasteiger partial charge in [-0.15, -0.1) is 21.5 Å². The number of rotatable bonds is 7. The summed E-state index contributed by atoms with van der Waals surface area (Å²) >= 11 is 3.07. The van der Waals surface area contributed by atoms with Gasteiger partial charge in [0, 0.05) is 16.5 Å². The fourth-order valence-corrected chi connectivity index (χ4v) is 4.54. The molecule has 0 unspecified atom stereocenters. The van der Waals surface area contributed by atoms with Crippen LogP contribution in [0.5, 0.6) is 0 Å². The van der Waals surface area contributed by atoms with Gasteiger partial charge in [0.2, 0.25) is 0 Å². The zero-order valence-electron chi connectivity index (χ0n) is 14.0. The number of carbonyl (C=O) groups is 1. The molecule has 0 amide bonds. The minimum atomic E-state index is 0.158. The first-order valence-corrected chi connectivity index (χ1v) is 10.3. The van der Waals surface area contributed by atoms with Gasteiger partial charge in [0.15, 0.2) is 10.9 Å². The minimum absolute atomic E-state index is 0.158. The quantitative estimate of drug-likeness (QED) is 0.446. The van der Waals surface area contributed by atoms with Gasteiger partial charge in [0.05, 0.1) is 10.6 Å². The second kappa shape index (κ2) is 7.14. The molecule has 128 valence electrons. The van der Waals surface area contributed by atoms with Crippen molar-refractivity contribution in [2.45, 2.75) is 37.3 Å². The number of hydrogen-bond acceptors (Lipinski definition) is 5. The number of Topliss-reactive ketones (excluding diaryl/α,β-unsaturated/α-hetero) is 1. The number of para-hydroxylation sites is 1. The number of nitrogens with zero attached hydrogens (tertiary/aromatic N) is 3. The molecule has 2 heterocycles. The molecule has 1 aliphatic carbocycles. The maximum Gasteiger partial charge on any atom is 0.196 e. The highest BCUT2D eigenvalue weighted by molar-refractivity contribution is 7.99. The third-order valence-corrected chi connectivity index (χ3v) is 6.43. The highest BCUT2D eigenvalue weighted by atomic mass is 32.2. The molecule has 0 spiro atoms. The molecule has 2 aromatic heterocycles. The van der Waals surface area contributed by atoms with Gasteiger partial charge in [-0.2, -0.15) is 0 Å². The third kappa shape index (κ3) is 3.55. The molecule has 0 aliphatic heterocycles. The number of aromatic nitrogens is 3. The van der Waals surface area contributed by atoms with E-state index in [4.69, 9.17) is 0 Å². The summed E-state index contributed by atoms with van der Waals surface area (Å²) in [5.41, 5.74) is 1.06. The standard InChI is InChI=1S/C19H19N3OS2/c1-2-15-10-11-17(25-15)16(23)12-24-19-21-20-18(13-8-9-13)22(19)14-6-4-3-5-7-14/h3-7,10-11,13H,2,8-9,12H2,1H3. The van der Waals surface area contributed by atoms with E-state index in [-0.39, 0.29) is 5.78 Å². The Bertz CT molecular complexity index is 881. The van der Waals surface area contributed by atoms with Crippen molar-refractivity contribution >= 4 is 28.9 Å². The molecule has 1 fully saturated rings. The van der Waals surface area contributed by atoms with Gasteiger partial charge in [-0.1, -0.05) is 36.9 Å². The van der Waals surface area contributed by atoms with E-state index < -0.39 is 0 Å². The van der Waals surface area contributed by atoms with Crippen molar-refractivity contribution in [1.29, 1.82) is 0 Å². The summed E-state index contributed by atoms with van der Waals surface area (Å²) in [5.74, 6) is 2.07. The first kappa shape index (κ1) is 16.5. The summed E-state index contributed by atoms with van der Waals surface area (Å²) in [4.78, 5) is 14.6. The summed E-state index contributed by atoms with van der Waals surface area (Å²) in [6, 6.07) is 14.1. The van der Waals surface area contributed by atoms with Crippen LogP contribution in [0.2, 0.25) is 0 Å². The monoisotopic (exact) mass is 369 g/mol. The van der Waals surface area contributed by atoms with E-state index in [9.17, 15) is 4.79 Å². The van der Waals surface area contributed by atoms with Crippen LogP contribution >= 0.6 is 23.1 Å². The highest BCUT2D eigenvalue weighted by Crippen LogP contribution is 2.41. The Kier molecular flexibility index (Phi) is 4.72. The van der Waals surface area contributed by atoms with E-state index in [1.165, 1.54) is 29.5 Å². The molecule has 1 aliphatic rings. The first-order chi connectivity index (χ1) is 12.3. The number of benzene rings is 1. The Morgan fingerprint density at radius 3 is 2.68 bits per heavy atom. The smallest absolute Gasteiger partial charge is 0.196 e. The van der Waals surface area contributed by atoms with Crippen LogP contribution in [0.1, 0.15) is 46.1 Å². The Balaban J connectivity index is 1.55. The van der Waals surface area contributed by atoms with E-state index in [0.717, 1.165) is 28.0 Å². The number of carbonyl (C=O) groups excluding carboxylic acids is 1. The van der Waals surface area contributed by atoms with E-state index in [0.29, 0.717) is 11.7 Å². The van der Waals surface area contributed by atoms with Gasteiger partial charge in [-0.05, 0) is 43.5 Å². The Labute approximate surface area is 155 Å². The number of hydrogen-bond donors (Lipinski definition) is 0. The second-order valence-electron chi connectivity index (χ2n) is 6.12. The van der Waals surface area contributed by atoms with Crippen molar-refractivity contribution in [3.05, 3.63) is 58.0 Å². The van der Waals surface area contributed by atoms with Crippen molar-refractivity contribution in [2.24, 2.45) is 0 Å². The molecule has 25 heavy (non-hydrogen) atoms. The minimum Gasteiger partial charge on any atom is -0.292 e. The summed E-state index contributed by atoms with van der Waals surface area (Å²) < 4.78 is 2.11. The van der Waals surface area contributed by atoms with Crippen molar-refractivity contribution in [2.75, 3.05) is 5.75 Å². The predicted octanol–water partition coefficient (Wildman–Crippen LogP) is 4.74. The molecule has 4 nitrogen and oxygen atoms in total. The molecule has 3 aromatic rings. The summed E-state index contributed by atoms with van der Waals surface area (Å²) in [7, 11) is 0. The van der Waals surface area contributed by atoms with Gasteiger partial charge in [-0.25, -0.2) is 0 Å². The molecule has 0 radical (unpaired) electrons. The lowest BCUT2D eigenvalue weighted by atomic mass is 10.3. The molecule has 0 N–H and O–H groups in total. The van der Waals surface area contributed by atoms with Crippen molar-refractivity contribution in [1.82, 2.24) is 14.8 Å². The molecule has 0 bridgehead atoms. The largest absolute Gasteiger partial charge is 0.292 e. The fourth-order valence-electron chi connectivity index (χ4n) is 2.72. The molecule has 0 atom stereocenters. The van der Waals surface area contributed by atoms with Crippen LogP contribution in [0.4, 0.5) is 0 Å². The van der Waals surface area contributed by atoms with Gasteiger partial charge in [-0.3, -0.25) is 9.36 Å². The van der Waals surface area contributed by atoms with Gasteiger partial charge in [0.1, 0.15) is 5.82 Å². The third-order valence-electron chi connectivity index (χ3n) is 4.23. The van der Waals surface area contributed by atoms with Crippen LogP contribution in [-0.4, -0.2) is 26.3 Å². The Hall–Kier alpha value is -1.92. The van der Waals surface area contributed by atoms with E-state index >= 15 is 0 Å². The Morgan fingerprint density at radius 2 is 2.00 bits per heavy atom. The van der Waals surface area contributed by atoms with E-state index in [2.05, 4.69) is 33.8 Å². The molecular formula is C19H19N3OS2. The SMILES string of the molecule is CCc1ccc(C(=O)CSc2nnc(C3CC3)n2-c2ccccc2)s1. The topological polar surface area (TPSA) is 47.8 Å². The van der Waals surface area contributed by atoms with Crippen LogP contribution in [0.15, 0.2) is 47.6 Å². The average Bonchev–Trinajstić information content (AvgIpc) is 3.22. The van der Waals surface area contributed by atoms with Crippen LogP contribution in [0.3, 0.4) is 0 Å². The fraction of sp³-hybridized carbons (Fsp3) is 0.316. The molecule has 6 heteroatoms. The van der Waals surface area contributed by atoms with Gasteiger partial charge >= 0.3 is 0 Å². The summed E-state index contributed by atoms with van der Waals surface area (Å²) in [5, 5.41) is 9.57. The second-order valence-corrected chi connectivity index (χ2v) is 8.23. The van der Waals surface area contributed by atoms with Crippen LogP contribution in [-0.2, 0) is 6.42 Å². The molecule has 4 rings (SSSR count). The van der Waals surface area contributed by atoms with Gasteiger partial charge < -0.3 is 0 Å². The van der Waals surface area contributed by atoms with Crippen LogP contribution < -0.4 is 0 Å². The maximum atomic E-state index is 12.5. The molecule has 1 saturated carbocycles. The lowest BCUT2D eigenvalue weighted by molar-refractivity contribution is 0.102. The predicted molar refractivity (Wildman–Crippen MR) is 102 cm³/mol. The van der Waals surface area contributed by atoms with Crippen molar-refractivity contribution in [3.63, 3.8) is 0 Å². The maximum absolute atomic E-state index is 12.5. The first-order valence-electron chi connectivity index (χ1n) is 8.51. The summed E-state index contributed by atoms with van der Waals surface area (Å²) in [6.45, 7) is 2.11. The average molecular weight is 370 g/mol. The van der Waals surface area contributed by atoms with Crippen molar-refractivity contribution in [3.8, 4) is 5.69 Å². The van der Waals surface area contributed by atoms with Crippen LogP contribution in [0, 0.1) is 0 Å². The normalized spacial score (nSPS) is 14.0. The Morgan fingerprint density at radius 1 is 1.20 bits per heavy atom. The lowest BCUT2D eigenvalue weighted by Gasteiger charge is -2.09. The lowest BCUT2D eigenvalue weighted by Crippen LogP contribution is -2.04.